The topological polar surface area (TPSA) is 60.9 Å². The number of rotatable bonds is 2. The van der Waals surface area contributed by atoms with Gasteiger partial charge in [0.25, 0.3) is 0 Å². The van der Waals surface area contributed by atoms with Crippen molar-refractivity contribution in [1.29, 1.82) is 0 Å². The van der Waals surface area contributed by atoms with Crippen molar-refractivity contribution in [1.82, 2.24) is 4.90 Å². The zero-order valence-corrected chi connectivity index (χ0v) is 13.0. The number of hydrogen-bond acceptors (Lipinski definition) is 2. The number of urea groups is 1. The molecule has 1 heterocycles. The van der Waals surface area contributed by atoms with Crippen molar-refractivity contribution in [2.75, 3.05) is 25.0 Å². The van der Waals surface area contributed by atoms with Crippen molar-refractivity contribution < 1.29 is 14.7 Å². The molecule has 0 saturated heterocycles. The molecule has 1 atom stereocenters. The number of para-hydroxylation sites is 1. The SMILES string of the molecule is CN(CC(C)(C)C)C(=O)N1CC(C(=O)O)c2ccccc21. The molecule has 1 aliphatic rings. The van der Waals surface area contributed by atoms with Gasteiger partial charge in [0.05, 0.1) is 0 Å². The fraction of sp³-hybridized carbons (Fsp3) is 0.500. The Hall–Kier alpha value is -2.04. The summed E-state index contributed by atoms with van der Waals surface area (Å²) in [5, 5.41) is 9.33. The molecule has 1 unspecified atom stereocenters. The third-order valence-corrected chi connectivity index (χ3v) is 3.54. The first-order chi connectivity index (χ1) is 9.70. The third-order valence-electron chi connectivity index (χ3n) is 3.54. The zero-order valence-electron chi connectivity index (χ0n) is 13.0. The molecular weight excluding hydrogens is 268 g/mol. The maximum atomic E-state index is 12.6. The van der Waals surface area contributed by atoms with E-state index in [1.54, 1.807) is 29.0 Å². The van der Waals surface area contributed by atoms with Gasteiger partial charge < -0.3 is 10.0 Å². The van der Waals surface area contributed by atoms with Gasteiger partial charge in [0, 0.05) is 25.8 Å². The van der Waals surface area contributed by atoms with Crippen LogP contribution in [0.4, 0.5) is 10.5 Å². The van der Waals surface area contributed by atoms with Crippen molar-refractivity contribution in [2.45, 2.75) is 26.7 Å². The van der Waals surface area contributed by atoms with Crippen LogP contribution in [-0.2, 0) is 4.79 Å². The number of carbonyl (C=O) groups is 2. The zero-order chi connectivity index (χ0) is 15.8. The van der Waals surface area contributed by atoms with E-state index < -0.39 is 11.9 Å². The number of carboxylic acids is 1. The van der Waals surface area contributed by atoms with Gasteiger partial charge in [0.15, 0.2) is 0 Å². The molecule has 0 aromatic heterocycles. The first-order valence-electron chi connectivity index (χ1n) is 7.05. The van der Waals surface area contributed by atoms with Crippen LogP contribution in [0.5, 0.6) is 0 Å². The van der Waals surface area contributed by atoms with Gasteiger partial charge in [-0.2, -0.15) is 0 Å². The van der Waals surface area contributed by atoms with Gasteiger partial charge in [0.1, 0.15) is 5.92 Å². The van der Waals surface area contributed by atoms with Crippen molar-refractivity contribution in [3.8, 4) is 0 Å². The summed E-state index contributed by atoms with van der Waals surface area (Å²) < 4.78 is 0. The fourth-order valence-electron chi connectivity index (χ4n) is 2.78. The number of fused-ring (bicyclic) bond motifs is 1. The van der Waals surface area contributed by atoms with Crippen LogP contribution in [0.1, 0.15) is 32.3 Å². The molecule has 0 aliphatic carbocycles. The van der Waals surface area contributed by atoms with E-state index in [4.69, 9.17) is 0 Å². The number of aliphatic carboxylic acids is 1. The molecule has 114 valence electrons. The van der Waals surface area contributed by atoms with Gasteiger partial charge in [-0.25, -0.2) is 4.79 Å². The van der Waals surface area contributed by atoms with Crippen LogP contribution in [-0.4, -0.2) is 42.1 Å². The lowest BCUT2D eigenvalue weighted by Gasteiger charge is -2.30. The molecular formula is C16H22N2O3. The fourth-order valence-corrected chi connectivity index (χ4v) is 2.78. The Kier molecular flexibility index (Phi) is 3.94. The molecule has 0 fully saturated rings. The monoisotopic (exact) mass is 290 g/mol. The van der Waals surface area contributed by atoms with Crippen LogP contribution < -0.4 is 4.90 Å². The Balaban J connectivity index is 2.26. The second-order valence-electron chi connectivity index (χ2n) is 6.76. The molecule has 21 heavy (non-hydrogen) atoms. The van der Waals surface area contributed by atoms with Crippen LogP contribution in [0.15, 0.2) is 24.3 Å². The van der Waals surface area contributed by atoms with E-state index in [1.165, 1.54) is 0 Å². The number of carbonyl (C=O) groups excluding carboxylic acids is 1. The van der Waals surface area contributed by atoms with Gasteiger partial charge in [-0.3, -0.25) is 9.69 Å². The molecule has 1 aliphatic heterocycles. The van der Waals surface area contributed by atoms with Crippen molar-refractivity contribution in [2.24, 2.45) is 5.41 Å². The quantitative estimate of drug-likeness (QED) is 0.911. The van der Waals surface area contributed by atoms with E-state index in [9.17, 15) is 14.7 Å². The minimum atomic E-state index is -0.892. The molecule has 1 aromatic rings. The van der Waals surface area contributed by atoms with E-state index in [0.717, 1.165) is 0 Å². The number of hydrogen-bond donors (Lipinski definition) is 1. The van der Waals surface area contributed by atoms with Crippen LogP contribution in [0.3, 0.4) is 0 Å². The van der Waals surface area contributed by atoms with E-state index in [2.05, 4.69) is 20.8 Å². The van der Waals surface area contributed by atoms with Crippen molar-refractivity contribution >= 4 is 17.7 Å². The highest BCUT2D eigenvalue weighted by Crippen LogP contribution is 2.36. The number of benzene rings is 1. The van der Waals surface area contributed by atoms with Gasteiger partial charge in [-0.05, 0) is 17.0 Å². The summed E-state index contributed by atoms with van der Waals surface area (Å²) in [4.78, 5) is 27.2. The highest BCUT2D eigenvalue weighted by molar-refractivity contribution is 5.97. The minimum Gasteiger partial charge on any atom is -0.481 e. The lowest BCUT2D eigenvalue weighted by atomic mass is 9.96. The molecule has 0 spiro atoms. The number of amides is 2. The normalized spacial score (nSPS) is 17.5. The summed E-state index contributed by atoms with van der Waals surface area (Å²) in [5.41, 5.74) is 1.41. The Bertz CT molecular complexity index is 563. The van der Waals surface area contributed by atoms with E-state index in [-0.39, 0.29) is 18.0 Å². The molecule has 5 nitrogen and oxygen atoms in total. The molecule has 1 aromatic carbocycles. The summed E-state index contributed by atoms with van der Waals surface area (Å²) in [7, 11) is 1.75. The molecule has 0 radical (unpaired) electrons. The predicted molar refractivity (Wildman–Crippen MR) is 81.6 cm³/mol. The lowest BCUT2D eigenvalue weighted by molar-refractivity contribution is -0.138. The largest absolute Gasteiger partial charge is 0.481 e. The molecule has 0 saturated carbocycles. The summed E-state index contributed by atoms with van der Waals surface area (Å²) in [6, 6.07) is 7.07. The first-order valence-corrected chi connectivity index (χ1v) is 7.05. The summed E-state index contributed by atoms with van der Waals surface area (Å²) in [6.45, 7) is 7.00. The summed E-state index contributed by atoms with van der Waals surface area (Å²) >= 11 is 0. The predicted octanol–water partition coefficient (Wildman–Crippen LogP) is 2.77. The summed E-state index contributed by atoms with van der Waals surface area (Å²) in [5.74, 6) is -1.54. The van der Waals surface area contributed by atoms with Gasteiger partial charge >= 0.3 is 12.0 Å². The van der Waals surface area contributed by atoms with Gasteiger partial charge in [0.2, 0.25) is 0 Å². The Labute approximate surface area is 125 Å². The Morgan fingerprint density at radius 1 is 1.33 bits per heavy atom. The molecule has 5 heteroatoms. The highest BCUT2D eigenvalue weighted by atomic mass is 16.4. The van der Waals surface area contributed by atoms with Crippen LogP contribution >= 0.6 is 0 Å². The van der Waals surface area contributed by atoms with Gasteiger partial charge in [-0.1, -0.05) is 39.0 Å². The van der Waals surface area contributed by atoms with Crippen molar-refractivity contribution in [3.63, 3.8) is 0 Å². The van der Waals surface area contributed by atoms with Crippen molar-refractivity contribution in [3.05, 3.63) is 29.8 Å². The average molecular weight is 290 g/mol. The van der Waals surface area contributed by atoms with Crippen LogP contribution in [0, 0.1) is 5.41 Å². The van der Waals surface area contributed by atoms with E-state index in [0.29, 0.717) is 17.8 Å². The minimum absolute atomic E-state index is 0.00412. The molecule has 2 amide bonds. The van der Waals surface area contributed by atoms with Gasteiger partial charge in [-0.15, -0.1) is 0 Å². The van der Waals surface area contributed by atoms with E-state index in [1.807, 2.05) is 12.1 Å². The maximum Gasteiger partial charge on any atom is 0.324 e. The Morgan fingerprint density at radius 3 is 2.52 bits per heavy atom. The molecule has 0 bridgehead atoms. The highest BCUT2D eigenvalue weighted by Gasteiger charge is 2.37. The second-order valence-corrected chi connectivity index (χ2v) is 6.76. The number of carboxylic acid groups (broad SMARTS) is 1. The third kappa shape index (κ3) is 3.17. The lowest BCUT2D eigenvalue weighted by Crippen LogP contribution is -2.44. The Morgan fingerprint density at radius 2 is 1.95 bits per heavy atom. The maximum absolute atomic E-state index is 12.6. The van der Waals surface area contributed by atoms with E-state index >= 15 is 0 Å². The van der Waals surface area contributed by atoms with Crippen LogP contribution in [0.25, 0.3) is 0 Å². The molecule has 2 rings (SSSR count). The smallest absolute Gasteiger partial charge is 0.324 e. The number of anilines is 1. The molecule has 1 N–H and O–H groups in total. The standard InChI is InChI=1S/C16H22N2O3/c1-16(2,3)10-17(4)15(21)18-9-12(14(19)20)11-7-5-6-8-13(11)18/h5-8,12H,9-10H2,1-4H3,(H,19,20). The summed E-state index contributed by atoms with van der Waals surface area (Å²) in [6.07, 6.45) is 0. The number of nitrogens with zero attached hydrogens (tertiary/aromatic N) is 2. The first kappa shape index (κ1) is 15.4. The second kappa shape index (κ2) is 5.39. The van der Waals surface area contributed by atoms with Crippen LogP contribution in [0.2, 0.25) is 0 Å². The average Bonchev–Trinajstić information content (AvgIpc) is 2.75.